The van der Waals surface area contributed by atoms with Crippen LogP contribution in [-0.2, 0) is 17.8 Å². The number of likely N-dealkylation sites (tertiary alicyclic amines) is 1. The molecule has 1 saturated heterocycles. The summed E-state index contributed by atoms with van der Waals surface area (Å²) in [5.74, 6) is 0.804. The van der Waals surface area contributed by atoms with Gasteiger partial charge < -0.3 is 9.80 Å². The van der Waals surface area contributed by atoms with Crippen molar-refractivity contribution >= 4 is 5.91 Å². The molecule has 1 aliphatic rings. The van der Waals surface area contributed by atoms with Crippen LogP contribution in [0.3, 0.4) is 0 Å². The van der Waals surface area contributed by atoms with Gasteiger partial charge in [0.15, 0.2) is 0 Å². The minimum atomic E-state index is 0.271. The lowest BCUT2D eigenvalue weighted by Crippen LogP contribution is -2.41. The smallest absolute Gasteiger partial charge is 0.223 e. The molecule has 6 heteroatoms. The fraction of sp³-hybridized carbons (Fsp3) is 0.526. The molecule has 1 amide bonds. The lowest BCUT2D eigenvalue weighted by Gasteiger charge is -2.33. The monoisotopic (exact) mass is 341 g/mol. The van der Waals surface area contributed by atoms with Gasteiger partial charge in [0.2, 0.25) is 5.91 Å². The lowest BCUT2D eigenvalue weighted by atomic mass is 9.93. The van der Waals surface area contributed by atoms with Gasteiger partial charge in [-0.2, -0.15) is 5.10 Å². The molecule has 6 nitrogen and oxygen atoms in total. The molecule has 0 unspecified atom stereocenters. The summed E-state index contributed by atoms with van der Waals surface area (Å²) in [6, 6.07) is 6.03. The fourth-order valence-electron chi connectivity index (χ4n) is 3.49. The number of nitrogens with one attached hydrogen (secondary N) is 1. The molecule has 3 heterocycles. The first-order valence-electron chi connectivity index (χ1n) is 9.04. The highest BCUT2D eigenvalue weighted by Crippen LogP contribution is 2.20. The van der Waals surface area contributed by atoms with Crippen molar-refractivity contribution in [3.8, 4) is 0 Å². The Kier molecular flexibility index (Phi) is 6.17. The molecule has 1 N–H and O–H groups in total. The van der Waals surface area contributed by atoms with E-state index in [1.165, 1.54) is 12.0 Å². The van der Waals surface area contributed by atoms with E-state index in [1.54, 1.807) is 12.4 Å². The summed E-state index contributed by atoms with van der Waals surface area (Å²) in [7, 11) is 2.05. The molecule has 0 spiro atoms. The summed E-state index contributed by atoms with van der Waals surface area (Å²) >= 11 is 0. The van der Waals surface area contributed by atoms with Crippen molar-refractivity contribution in [3.63, 3.8) is 0 Å². The molecule has 1 fully saturated rings. The van der Waals surface area contributed by atoms with E-state index in [-0.39, 0.29) is 5.91 Å². The molecule has 2 aromatic rings. The highest BCUT2D eigenvalue weighted by Gasteiger charge is 2.24. The van der Waals surface area contributed by atoms with Gasteiger partial charge in [-0.05, 0) is 49.9 Å². The summed E-state index contributed by atoms with van der Waals surface area (Å²) in [6.45, 7) is 3.35. The Balaban J connectivity index is 1.42. The molecule has 0 saturated carbocycles. The van der Waals surface area contributed by atoms with Crippen LogP contribution in [0.25, 0.3) is 0 Å². The van der Waals surface area contributed by atoms with Crippen molar-refractivity contribution in [2.45, 2.75) is 32.2 Å². The molecule has 0 aromatic carbocycles. The maximum Gasteiger partial charge on any atom is 0.223 e. The topological polar surface area (TPSA) is 65.1 Å². The van der Waals surface area contributed by atoms with Gasteiger partial charge in [-0.1, -0.05) is 6.07 Å². The van der Waals surface area contributed by atoms with Crippen LogP contribution in [-0.4, -0.2) is 57.6 Å². The van der Waals surface area contributed by atoms with E-state index >= 15 is 0 Å². The molecule has 0 radical (unpaired) electrons. The Bertz CT molecular complexity index is 643. The number of hydrogen-bond acceptors (Lipinski definition) is 4. The SMILES string of the molecule is CN(CCC(=O)N1CCC[C@H](Cc2ccn[nH]2)C1)Cc1cccnc1. The second-order valence-corrected chi connectivity index (χ2v) is 6.98. The Labute approximate surface area is 149 Å². The van der Waals surface area contributed by atoms with Crippen molar-refractivity contribution in [1.29, 1.82) is 0 Å². The number of rotatable bonds is 7. The van der Waals surface area contributed by atoms with E-state index in [2.05, 4.69) is 33.2 Å². The van der Waals surface area contributed by atoms with Gasteiger partial charge in [0.25, 0.3) is 0 Å². The number of amides is 1. The van der Waals surface area contributed by atoms with E-state index < -0.39 is 0 Å². The number of aromatic nitrogens is 3. The van der Waals surface area contributed by atoms with E-state index in [4.69, 9.17) is 0 Å². The molecule has 1 atom stereocenters. The largest absolute Gasteiger partial charge is 0.342 e. The van der Waals surface area contributed by atoms with Crippen LogP contribution in [0, 0.1) is 5.92 Å². The zero-order chi connectivity index (χ0) is 17.5. The Hall–Kier alpha value is -2.21. The van der Waals surface area contributed by atoms with Gasteiger partial charge in [-0.15, -0.1) is 0 Å². The van der Waals surface area contributed by atoms with Gasteiger partial charge >= 0.3 is 0 Å². The number of pyridine rings is 1. The van der Waals surface area contributed by atoms with E-state index in [0.29, 0.717) is 12.3 Å². The summed E-state index contributed by atoms with van der Waals surface area (Å²) in [6.07, 6.45) is 9.28. The van der Waals surface area contributed by atoms with Gasteiger partial charge in [0, 0.05) is 56.9 Å². The third-order valence-corrected chi connectivity index (χ3v) is 4.82. The quantitative estimate of drug-likeness (QED) is 0.838. The maximum absolute atomic E-state index is 12.6. The summed E-state index contributed by atoms with van der Waals surface area (Å²) in [5.41, 5.74) is 2.34. The first-order valence-corrected chi connectivity index (χ1v) is 9.04. The van der Waals surface area contributed by atoms with Crippen LogP contribution in [0.2, 0.25) is 0 Å². The Morgan fingerprint density at radius 1 is 1.40 bits per heavy atom. The maximum atomic E-state index is 12.6. The predicted octanol–water partition coefficient (Wildman–Crippen LogP) is 2.11. The number of piperidine rings is 1. The second-order valence-electron chi connectivity index (χ2n) is 6.98. The van der Waals surface area contributed by atoms with Crippen LogP contribution >= 0.6 is 0 Å². The lowest BCUT2D eigenvalue weighted by molar-refractivity contribution is -0.133. The van der Waals surface area contributed by atoms with Gasteiger partial charge in [0.05, 0.1) is 0 Å². The Morgan fingerprint density at radius 3 is 3.08 bits per heavy atom. The summed E-state index contributed by atoms with van der Waals surface area (Å²) in [4.78, 5) is 20.9. The van der Waals surface area contributed by atoms with Crippen molar-refractivity contribution in [1.82, 2.24) is 25.0 Å². The molecule has 0 bridgehead atoms. The number of carbonyl (C=O) groups is 1. The Morgan fingerprint density at radius 2 is 2.32 bits per heavy atom. The molecular weight excluding hydrogens is 314 g/mol. The zero-order valence-electron chi connectivity index (χ0n) is 14.9. The number of hydrogen-bond donors (Lipinski definition) is 1. The average Bonchev–Trinajstić information content (AvgIpc) is 3.14. The normalized spacial score (nSPS) is 17.8. The van der Waals surface area contributed by atoms with Crippen LogP contribution < -0.4 is 0 Å². The number of carbonyl (C=O) groups excluding carboxylic acids is 1. The summed E-state index contributed by atoms with van der Waals surface area (Å²) < 4.78 is 0. The number of H-pyrrole nitrogens is 1. The van der Waals surface area contributed by atoms with Crippen LogP contribution in [0.15, 0.2) is 36.8 Å². The minimum absolute atomic E-state index is 0.271. The third kappa shape index (κ3) is 5.39. The van der Waals surface area contributed by atoms with Gasteiger partial charge in [-0.25, -0.2) is 0 Å². The van der Waals surface area contributed by atoms with Crippen LogP contribution in [0.4, 0.5) is 0 Å². The van der Waals surface area contributed by atoms with Crippen molar-refractivity contribution in [3.05, 3.63) is 48.0 Å². The predicted molar refractivity (Wildman–Crippen MR) is 96.8 cm³/mol. The average molecular weight is 341 g/mol. The number of aromatic amines is 1. The van der Waals surface area contributed by atoms with Crippen molar-refractivity contribution in [2.24, 2.45) is 5.92 Å². The summed E-state index contributed by atoms with van der Waals surface area (Å²) in [5, 5.41) is 7.04. The third-order valence-electron chi connectivity index (χ3n) is 4.82. The first-order chi connectivity index (χ1) is 12.2. The molecule has 25 heavy (non-hydrogen) atoms. The minimum Gasteiger partial charge on any atom is -0.342 e. The zero-order valence-corrected chi connectivity index (χ0v) is 14.9. The molecule has 0 aliphatic carbocycles. The molecule has 1 aliphatic heterocycles. The van der Waals surface area contributed by atoms with Crippen molar-refractivity contribution in [2.75, 3.05) is 26.7 Å². The molecule has 2 aromatic heterocycles. The second kappa shape index (κ2) is 8.76. The molecular formula is C19H27N5O. The number of nitrogens with zero attached hydrogens (tertiary/aromatic N) is 4. The molecule has 3 rings (SSSR count). The van der Waals surface area contributed by atoms with Gasteiger partial charge in [-0.3, -0.25) is 14.9 Å². The van der Waals surface area contributed by atoms with E-state index in [9.17, 15) is 4.79 Å². The van der Waals surface area contributed by atoms with Crippen LogP contribution in [0.5, 0.6) is 0 Å². The van der Waals surface area contributed by atoms with Crippen LogP contribution in [0.1, 0.15) is 30.5 Å². The first kappa shape index (κ1) is 17.6. The molecule has 134 valence electrons. The van der Waals surface area contributed by atoms with E-state index in [1.807, 2.05) is 23.2 Å². The highest BCUT2D eigenvalue weighted by molar-refractivity contribution is 5.76. The standard InChI is InChI=1S/C19H27N5O/c1-23(14-17-4-2-8-20-13-17)11-7-19(25)24-10-3-5-16(15-24)12-18-6-9-21-22-18/h2,4,6,8-9,13,16H,3,5,7,10-12,14-15H2,1H3,(H,21,22)/t16-/m1/s1. The highest BCUT2D eigenvalue weighted by atomic mass is 16.2. The van der Waals surface area contributed by atoms with Crippen molar-refractivity contribution < 1.29 is 4.79 Å². The van der Waals surface area contributed by atoms with E-state index in [0.717, 1.165) is 44.7 Å². The fourth-order valence-corrected chi connectivity index (χ4v) is 3.49. The van der Waals surface area contributed by atoms with Gasteiger partial charge in [0.1, 0.15) is 0 Å².